The first-order valence-corrected chi connectivity index (χ1v) is 6.35. The Morgan fingerprint density at radius 1 is 1.42 bits per heavy atom. The average Bonchev–Trinajstić information content (AvgIpc) is 2.35. The molecule has 0 amide bonds. The van der Waals surface area contributed by atoms with Gasteiger partial charge >= 0.3 is 5.97 Å². The maximum absolute atomic E-state index is 10.9. The minimum atomic E-state index is -0.898. The first kappa shape index (κ1) is 15.3. The van der Waals surface area contributed by atoms with Crippen LogP contribution < -0.4 is 4.90 Å². The summed E-state index contributed by atoms with van der Waals surface area (Å²) in [6, 6.07) is 9.23. The van der Waals surface area contributed by atoms with Crippen LogP contribution in [0.1, 0.15) is 20.3 Å². The Kier molecular flexibility index (Phi) is 5.20. The topological polar surface area (TPSA) is 64.3 Å². The summed E-state index contributed by atoms with van der Waals surface area (Å²) in [7, 11) is 0. The Balaban J connectivity index is 2.81. The van der Waals surface area contributed by atoms with E-state index in [1.807, 2.05) is 13.8 Å². The molecule has 0 aromatic heterocycles. The maximum atomic E-state index is 10.9. The number of benzene rings is 1. The highest BCUT2D eigenvalue weighted by Crippen LogP contribution is 2.23. The molecule has 0 aliphatic carbocycles. The van der Waals surface area contributed by atoms with Gasteiger partial charge in [-0.2, -0.15) is 5.26 Å². The van der Waals surface area contributed by atoms with Crippen molar-refractivity contribution in [1.82, 2.24) is 0 Å². The zero-order valence-electron chi connectivity index (χ0n) is 11.1. The molecule has 1 aromatic carbocycles. The highest BCUT2D eigenvalue weighted by Gasteiger charge is 2.19. The van der Waals surface area contributed by atoms with E-state index < -0.39 is 11.4 Å². The number of hydrogen-bond donors (Lipinski definition) is 1. The molecule has 0 fully saturated rings. The summed E-state index contributed by atoms with van der Waals surface area (Å²) in [5, 5.41) is 18.6. The van der Waals surface area contributed by atoms with Gasteiger partial charge in [-0.25, -0.2) is 0 Å². The second-order valence-electron chi connectivity index (χ2n) is 5.04. The molecular weight excluding hydrogens is 264 g/mol. The lowest BCUT2D eigenvalue weighted by atomic mass is 9.91. The van der Waals surface area contributed by atoms with Crippen LogP contribution in [-0.2, 0) is 4.79 Å². The lowest BCUT2D eigenvalue weighted by Gasteiger charge is -2.26. The van der Waals surface area contributed by atoms with Crippen LogP contribution in [0.5, 0.6) is 0 Å². The van der Waals surface area contributed by atoms with Gasteiger partial charge in [-0.1, -0.05) is 11.6 Å². The van der Waals surface area contributed by atoms with Gasteiger partial charge in [-0.05, 0) is 44.5 Å². The number of hydrogen-bond acceptors (Lipinski definition) is 3. The Bertz CT molecular complexity index is 477. The fourth-order valence-electron chi connectivity index (χ4n) is 1.58. The van der Waals surface area contributed by atoms with E-state index in [0.717, 1.165) is 5.69 Å². The van der Waals surface area contributed by atoms with E-state index in [9.17, 15) is 4.79 Å². The number of nitrogens with zero attached hydrogens (tertiary/aromatic N) is 2. The van der Waals surface area contributed by atoms with Crippen molar-refractivity contribution in [3.63, 3.8) is 0 Å². The van der Waals surface area contributed by atoms with Crippen molar-refractivity contribution in [2.45, 2.75) is 20.3 Å². The highest BCUT2D eigenvalue weighted by molar-refractivity contribution is 6.30. The fourth-order valence-corrected chi connectivity index (χ4v) is 1.71. The summed E-state index contributed by atoms with van der Waals surface area (Å²) in [6.45, 7) is 4.10. The Morgan fingerprint density at radius 2 is 2.00 bits per heavy atom. The predicted octanol–water partition coefficient (Wildman–Crippen LogP) is 3.17. The highest BCUT2D eigenvalue weighted by atomic mass is 35.5. The first-order chi connectivity index (χ1) is 8.84. The van der Waals surface area contributed by atoms with Crippen molar-refractivity contribution >= 4 is 23.3 Å². The van der Waals surface area contributed by atoms with Gasteiger partial charge in [-0.3, -0.25) is 4.79 Å². The number of nitriles is 1. The molecule has 5 heteroatoms. The van der Waals surface area contributed by atoms with Crippen LogP contribution in [0.3, 0.4) is 0 Å². The lowest BCUT2D eigenvalue weighted by molar-refractivity contribution is -0.135. The van der Waals surface area contributed by atoms with Crippen molar-refractivity contribution < 1.29 is 9.90 Å². The summed E-state index contributed by atoms with van der Waals surface area (Å²) >= 11 is 5.82. The molecule has 4 nitrogen and oxygen atoms in total. The molecule has 1 N–H and O–H groups in total. The third kappa shape index (κ3) is 5.19. The third-order valence-corrected chi connectivity index (χ3v) is 3.08. The van der Waals surface area contributed by atoms with Gasteiger partial charge < -0.3 is 10.0 Å². The van der Waals surface area contributed by atoms with E-state index >= 15 is 0 Å². The molecule has 0 aliphatic heterocycles. The van der Waals surface area contributed by atoms with Gasteiger partial charge in [0, 0.05) is 17.3 Å². The van der Waals surface area contributed by atoms with E-state index in [1.54, 1.807) is 29.2 Å². The Labute approximate surface area is 118 Å². The molecule has 19 heavy (non-hydrogen) atoms. The van der Waals surface area contributed by atoms with Crippen LogP contribution in [0, 0.1) is 16.7 Å². The molecule has 0 aliphatic rings. The fraction of sp³-hybridized carbons (Fsp3) is 0.429. The summed E-state index contributed by atoms with van der Waals surface area (Å²) in [5.41, 5.74) is 0.323. The number of halogens is 1. The van der Waals surface area contributed by atoms with Gasteiger partial charge in [0.1, 0.15) is 6.54 Å². The number of carbonyl (C=O) groups is 1. The summed E-state index contributed by atoms with van der Waals surface area (Å²) in [5.74, 6) is -0.898. The second kappa shape index (κ2) is 6.44. The molecule has 0 spiro atoms. The van der Waals surface area contributed by atoms with Crippen LogP contribution in [0.2, 0.25) is 5.02 Å². The zero-order valence-corrected chi connectivity index (χ0v) is 11.8. The lowest BCUT2D eigenvalue weighted by Crippen LogP contribution is -2.32. The molecule has 102 valence electrons. The summed E-state index contributed by atoms with van der Waals surface area (Å²) in [4.78, 5) is 12.6. The molecule has 0 unspecified atom stereocenters. The normalized spacial score (nSPS) is 10.8. The minimum absolute atomic E-state index is 0.0941. The maximum Gasteiger partial charge on any atom is 0.323 e. The van der Waals surface area contributed by atoms with E-state index in [0.29, 0.717) is 18.0 Å². The smallest absolute Gasteiger partial charge is 0.323 e. The predicted molar refractivity (Wildman–Crippen MR) is 75.3 cm³/mol. The average molecular weight is 281 g/mol. The number of rotatable bonds is 6. The van der Waals surface area contributed by atoms with Crippen LogP contribution in [-0.4, -0.2) is 24.2 Å². The number of anilines is 1. The molecular formula is C14H17ClN2O2. The van der Waals surface area contributed by atoms with Gasteiger partial charge in [0.25, 0.3) is 0 Å². The molecule has 1 rings (SSSR count). The Hall–Kier alpha value is -1.73. The van der Waals surface area contributed by atoms with Gasteiger partial charge in [0.2, 0.25) is 0 Å². The van der Waals surface area contributed by atoms with Crippen molar-refractivity contribution in [3.8, 4) is 6.07 Å². The van der Waals surface area contributed by atoms with Crippen LogP contribution in [0.4, 0.5) is 5.69 Å². The van der Waals surface area contributed by atoms with Crippen molar-refractivity contribution in [3.05, 3.63) is 29.3 Å². The molecule has 0 atom stereocenters. The van der Waals surface area contributed by atoms with Gasteiger partial charge in [0.15, 0.2) is 0 Å². The summed E-state index contributed by atoms with van der Waals surface area (Å²) in [6.07, 6.45) is 0.597. The van der Waals surface area contributed by atoms with E-state index in [-0.39, 0.29) is 6.54 Å². The standard InChI is InChI=1S/C14H17ClN2O2/c1-14(2,10-16)7-8-17(9-13(18)19)12-5-3-11(15)4-6-12/h3-6H,7-9H2,1-2H3,(H,18,19). The largest absolute Gasteiger partial charge is 0.480 e. The molecule has 0 bridgehead atoms. The second-order valence-corrected chi connectivity index (χ2v) is 5.47. The number of carboxylic acid groups (broad SMARTS) is 1. The number of aliphatic carboxylic acids is 1. The van der Waals surface area contributed by atoms with Gasteiger partial charge in [-0.15, -0.1) is 0 Å². The molecule has 0 saturated heterocycles. The van der Waals surface area contributed by atoms with E-state index in [1.165, 1.54) is 0 Å². The monoisotopic (exact) mass is 280 g/mol. The third-order valence-electron chi connectivity index (χ3n) is 2.83. The summed E-state index contributed by atoms with van der Waals surface area (Å²) < 4.78 is 0. The Morgan fingerprint density at radius 3 is 2.47 bits per heavy atom. The molecule has 1 aromatic rings. The van der Waals surface area contributed by atoms with Crippen molar-refractivity contribution in [1.29, 1.82) is 5.26 Å². The van der Waals surface area contributed by atoms with Crippen LogP contribution in [0.25, 0.3) is 0 Å². The van der Waals surface area contributed by atoms with Crippen molar-refractivity contribution in [2.24, 2.45) is 5.41 Å². The quantitative estimate of drug-likeness (QED) is 0.869. The van der Waals surface area contributed by atoms with E-state index in [2.05, 4.69) is 6.07 Å². The van der Waals surface area contributed by atoms with Crippen molar-refractivity contribution in [2.75, 3.05) is 18.0 Å². The first-order valence-electron chi connectivity index (χ1n) is 5.97. The molecule has 0 radical (unpaired) electrons. The van der Waals surface area contributed by atoms with Crippen LogP contribution in [0.15, 0.2) is 24.3 Å². The minimum Gasteiger partial charge on any atom is -0.480 e. The SMILES string of the molecule is CC(C)(C#N)CCN(CC(=O)O)c1ccc(Cl)cc1. The van der Waals surface area contributed by atoms with E-state index in [4.69, 9.17) is 22.0 Å². The number of carboxylic acids is 1. The van der Waals surface area contributed by atoms with Gasteiger partial charge in [0.05, 0.1) is 11.5 Å². The molecule has 0 saturated carbocycles. The zero-order chi connectivity index (χ0) is 14.5. The van der Waals surface area contributed by atoms with Crippen LogP contribution >= 0.6 is 11.6 Å². The molecule has 0 heterocycles.